The van der Waals surface area contributed by atoms with Gasteiger partial charge in [0.2, 0.25) is 0 Å². The van der Waals surface area contributed by atoms with Crippen molar-refractivity contribution >= 4 is 31.6 Å². The lowest BCUT2D eigenvalue weighted by Gasteiger charge is -2.04. The highest BCUT2D eigenvalue weighted by molar-refractivity contribution is 9.12. The highest BCUT2D eigenvalue weighted by Crippen LogP contribution is 2.14. The van der Waals surface area contributed by atoms with E-state index in [2.05, 4.69) is 27.2 Å². The Balaban J connectivity index is 2.46. The second-order valence-electron chi connectivity index (χ2n) is 5.60. The van der Waals surface area contributed by atoms with Gasteiger partial charge < -0.3 is 4.74 Å². The number of nitrogens with zero attached hydrogens (tertiary/aromatic N) is 1. The van der Waals surface area contributed by atoms with Gasteiger partial charge in [0, 0.05) is 11.2 Å². The number of carbonyl (C=O) groups is 1. The van der Waals surface area contributed by atoms with Crippen molar-refractivity contribution in [1.29, 1.82) is 0 Å². The molecule has 0 amide bonds. The molecule has 0 saturated carbocycles. The molecule has 0 aromatic heterocycles. The highest BCUT2D eigenvalue weighted by atomic mass is 79.9. The summed E-state index contributed by atoms with van der Waals surface area (Å²) in [6, 6.07) is 8.97. The highest BCUT2D eigenvalue weighted by Gasteiger charge is 2.09. The summed E-state index contributed by atoms with van der Waals surface area (Å²) in [5.41, 5.74) is 0. The summed E-state index contributed by atoms with van der Waals surface area (Å²) in [5, 5.41) is 0. The van der Waals surface area contributed by atoms with E-state index >= 15 is 0 Å². The van der Waals surface area contributed by atoms with Crippen molar-refractivity contribution in [2.45, 2.75) is 50.3 Å². The molecule has 1 aromatic rings. The molecule has 134 valence electrons. The summed E-state index contributed by atoms with van der Waals surface area (Å²) < 4.78 is 21.9. The minimum atomic E-state index is -2.57. The standard InChI is InChI=1S/C18H26BrNO3S/c1-3-4-5-6-7-11-14-23-18(21)17(19)15-20-24(2,22)16-12-9-8-10-13-16/h8-10,12-13,15H,3-7,11,14H2,1-2H3/b17-15-. The van der Waals surface area contributed by atoms with Crippen LogP contribution in [0.5, 0.6) is 0 Å². The fourth-order valence-corrected chi connectivity index (χ4v) is 3.49. The number of unbranched alkanes of at least 4 members (excludes halogenated alkanes) is 5. The van der Waals surface area contributed by atoms with Crippen molar-refractivity contribution < 1.29 is 13.7 Å². The first-order valence-electron chi connectivity index (χ1n) is 8.26. The topological polar surface area (TPSA) is 55.7 Å². The van der Waals surface area contributed by atoms with Gasteiger partial charge >= 0.3 is 5.97 Å². The minimum absolute atomic E-state index is 0.180. The lowest BCUT2D eigenvalue weighted by atomic mass is 10.1. The molecule has 4 nitrogen and oxygen atoms in total. The molecule has 1 rings (SSSR count). The average Bonchev–Trinajstić information content (AvgIpc) is 2.59. The number of benzene rings is 1. The van der Waals surface area contributed by atoms with Crippen molar-refractivity contribution in [3.63, 3.8) is 0 Å². The molecular formula is C18H26BrNO3S. The Labute approximate surface area is 154 Å². The fourth-order valence-electron chi connectivity index (χ4n) is 2.05. The largest absolute Gasteiger partial charge is 0.462 e. The number of hydrogen-bond acceptors (Lipinski definition) is 4. The van der Waals surface area contributed by atoms with E-state index in [4.69, 9.17) is 4.74 Å². The third-order valence-corrected chi connectivity index (χ3v) is 5.66. The number of esters is 1. The SMILES string of the molecule is CCCCCCCCOC(=O)/C(Br)=C/N=S(C)(=O)c1ccccc1. The molecule has 0 aliphatic rings. The van der Waals surface area contributed by atoms with E-state index in [0.29, 0.717) is 11.5 Å². The van der Waals surface area contributed by atoms with Crippen LogP contribution in [-0.4, -0.2) is 23.0 Å². The summed E-state index contributed by atoms with van der Waals surface area (Å²) in [6.07, 6.45) is 9.63. The lowest BCUT2D eigenvalue weighted by molar-refractivity contribution is -0.138. The maximum atomic E-state index is 12.5. The quantitative estimate of drug-likeness (QED) is 0.296. The zero-order chi connectivity index (χ0) is 17.8. The Kier molecular flexibility index (Phi) is 9.95. The van der Waals surface area contributed by atoms with E-state index in [1.54, 1.807) is 18.4 Å². The monoisotopic (exact) mass is 415 g/mol. The van der Waals surface area contributed by atoms with Crippen LogP contribution in [0.3, 0.4) is 0 Å². The van der Waals surface area contributed by atoms with E-state index in [0.717, 1.165) is 12.8 Å². The zero-order valence-electron chi connectivity index (χ0n) is 14.4. The van der Waals surface area contributed by atoms with Gasteiger partial charge in [0.15, 0.2) is 0 Å². The third-order valence-electron chi connectivity index (χ3n) is 3.47. The summed E-state index contributed by atoms with van der Waals surface area (Å²) in [7, 11) is -2.57. The van der Waals surface area contributed by atoms with Gasteiger partial charge in [0.1, 0.15) is 4.48 Å². The van der Waals surface area contributed by atoms with Gasteiger partial charge in [-0.15, -0.1) is 0 Å². The van der Waals surface area contributed by atoms with Gasteiger partial charge in [-0.25, -0.2) is 13.4 Å². The van der Waals surface area contributed by atoms with E-state index in [1.807, 2.05) is 18.2 Å². The van der Waals surface area contributed by atoms with E-state index in [-0.39, 0.29) is 4.48 Å². The van der Waals surface area contributed by atoms with Gasteiger partial charge in [-0.05, 0) is 34.5 Å². The molecular weight excluding hydrogens is 390 g/mol. The van der Waals surface area contributed by atoms with Crippen LogP contribution in [0.4, 0.5) is 0 Å². The van der Waals surface area contributed by atoms with Crippen LogP contribution in [0.2, 0.25) is 0 Å². The van der Waals surface area contributed by atoms with E-state index in [1.165, 1.54) is 31.9 Å². The summed E-state index contributed by atoms with van der Waals surface area (Å²) >= 11 is 3.14. The maximum absolute atomic E-state index is 12.5. The molecule has 1 atom stereocenters. The van der Waals surface area contributed by atoms with Crippen LogP contribution >= 0.6 is 15.9 Å². The molecule has 0 fully saturated rings. The van der Waals surface area contributed by atoms with Crippen molar-refractivity contribution in [2.24, 2.45) is 4.36 Å². The normalized spacial score (nSPS) is 14.0. The van der Waals surface area contributed by atoms with Gasteiger partial charge in [-0.1, -0.05) is 57.2 Å². The van der Waals surface area contributed by atoms with Crippen LogP contribution in [0.15, 0.2) is 50.3 Å². The minimum Gasteiger partial charge on any atom is -0.462 e. The van der Waals surface area contributed by atoms with E-state index < -0.39 is 15.7 Å². The van der Waals surface area contributed by atoms with Crippen LogP contribution in [0.25, 0.3) is 0 Å². The second-order valence-corrected chi connectivity index (χ2v) is 8.74. The molecule has 24 heavy (non-hydrogen) atoms. The van der Waals surface area contributed by atoms with Crippen molar-refractivity contribution in [1.82, 2.24) is 0 Å². The molecule has 1 aromatic carbocycles. The molecule has 1 unspecified atom stereocenters. The number of carbonyl (C=O) groups excluding carboxylic acids is 1. The molecule has 0 aliphatic heterocycles. The zero-order valence-corrected chi connectivity index (χ0v) is 16.8. The maximum Gasteiger partial charge on any atom is 0.346 e. The molecule has 0 N–H and O–H groups in total. The summed E-state index contributed by atoms with van der Waals surface area (Å²) in [6.45, 7) is 2.58. The van der Waals surface area contributed by atoms with Gasteiger partial charge in [-0.3, -0.25) is 0 Å². The molecule has 0 saturated heterocycles. The Morgan fingerprint density at radius 3 is 2.46 bits per heavy atom. The Hall–Kier alpha value is -1.14. The van der Waals surface area contributed by atoms with Crippen molar-refractivity contribution in [2.75, 3.05) is 12.9 Å². The third kappa shape index (κ3) is 8.11. The molecule has 6 heteroatoms. The Bertz CT molecular complexity index is 649. The molecule has 0 spiro atoms. The molecule has 0 bridgehead atoms. The van der Waals surface area contributed by atoms with E-state index in [9.17, 15) is 9.00 Å². The van der Waals surface area contributed by atoms with Gasteiger partial charge in [0.05, 0.1) is 22.5 Å². The predicted octanol–water partition coefficient (Wildman–Crippen LogP) is 5.28. The molecule has 0 aliphatic carbocycles. The van der Waals surface area contributed by atoms with Gasteiger partial charge in [-0.2, -0.15) is 0 Å². The number of hydrogen-bond donors (Lipinski definition) is 0. The lowest BCUT2D eigenvalue weighted by Crippen LogP contribution is -2.06. The first-order chi connectivity index (χ1) is 11.5. The summed E-state index contributed by atoms with van der Waals surface area (Å²) in [4.78, 5) is 12.5. The van der Waals surface area contributed by atoms with Crippen LogP contribution < -0.4 is 0 Å². The molecule has 0 heterocycles. The first kappa shape index (κ1) is 20.9. The van der Waals surface area contributed by atoms with Gasteiger partial charge in [0.25, 0.3) is 0 Å². The number of halogens is 1. The Morgan fingerprint density at radius 1 is 1.17 bits per heavy atom. The predicted molar refractivity (Wildman–Crippen MR) is 103 cm³/mol. The smallest absolute Gasteiger partial charge is 0.346 e. The summed E-state index contributed by atoms with van der Waals surface area (Å²) in [5.74, 6) is -0.476. The average molecular weight is 416 g/mol. The molecule has 0 radical (unpaired) electrons. The van der Waals surface area contributed by atoms with Crippen LogP contribution in [0, 0.1) is 0 Å². The fraction of sp³-hybridized carbons (Fsp3) is 0.500. The second kappa shape index (κ2) is 11.4. The van der Waals surface area contributed by atoms with Crippen molar-refractivity contribution in [3.05, 3.63) is 41.0 Å². The number of ether oxygens (including phenoxy) is 1. The number of rotatable bonds is 10. The van der Waals surface area contributed by atoms with Crippen LogP contribution in [0.1, 0.15) is 45.4 Å². The van der Waals surface area contributed by atoms with Crippen LogP contribution in [-0.2, 0) is 19.3 Å². The Morgan fingerprint density at radius 2 is 1.79 bits per heavy atom. The van der Waals surface area contributed by atoms with Crippen molar-refractivity contribution in [3.8, 4) is 0 Å². The first-order valence-corrected chi connectivity index (χ1v) is 11.0.